The molecule has 1 aromatic heterocycles. The van der Waals surface area contributed by atoms with Crippen LogP contribution < -0.4 is 15.4 Å². The molecule has 2 aromatic rings. The lowest BCUT2D eigenvalue weighted by Gasteiger charge is -2.11. The minimum atomic E-state index is 0.687. The molecule has 0 saturated carbocycles. The van der Waals surface area contributed by atoms with Crippen LogP contribution in [0.5, 0.6) is 5.75 Å². The molecule has 118 valence electrons. The summed E-state index contributed by atoms with van der Waals surface area (Å²) in [5, 5.41) is 7.64. The van der Waals surface area contributed by atoms with E-state index in [0.717, 1.165) is 23.1 Å². The molecule has 0 spiro atoms. The maximum atomic E-state index is 5.15. The SMILES string of the molecule is CCc1cnc(CNC(=NC)NCc2ccc(OC)cc2)s1. The first kappa shape index (κ1) is 16.3. The van der Waals surface area contributed by atoms with Crippen LogP contribution in [0, 0.1) is 0 Å². The third-order valence-corrected chi connectivity index (χ3v) is 4.34. The van der Waals surface area contributed by atoms with Crippen molar-refractivity contribution in [3.63, 3.8) is 0 Å². The van der Waals surface area contributed by atoms with E-state index in [4.69, 9.17) is 4.74 Å². The number of aliphatic imine (C=N–C) groups is 1. The lowest BCUT2D eigenvalue weighted by Crippen LogP contribution is -2.36. The summed E-state index contributed by atoms with van der Waals surface area (Å²) in [4.78, 5) is 9.92. The number of rotatable bonds is 6. The summed E-state index contributed by atoms with van der Waals surface area (Å²) < 4.78 is 5.15. The first-order chi connectivity index (χ1) is 10.7. The molecule has 1 heterocycles. The molecule has 0 radical (unpaired) electrons. The average molecular weight is 318 g/mol. The van der Waals surface area contributed by atoms with Crippen LogP contribution in [0.3, 0.4) is 0 Å². The maximum absolute atomic E-state index is 5.15. The second-order valence-corrected chi connectivity index (χ2v) is 5.90. The molecule has 0 aliphatic heterocycles. The van der Waals surface area contributed by atoms with Gasteiger partial charge in [0.15, 0.2) is 5.96 Å². The van der Waals surface area contributed by atoms with Crippen molar-refractivity contribution >= 4 is 17.3 Å². The maximum Gasteiger partial charge on any atom is 0.191 e. The lowest BCUT2D eigenvalue weighted by atomic mass is 10.2. The molecular formula is C16H22N4OS. The van der Waals surface area contributed by atoms with Gasteiger partial charge in [-0.15, -0.1) is 11.3 Å². The lowest BCUT2D eigenvalue weighted by molar-refractivity contribution is 0.414. The summed E-state index contributed by atoms with van der Waals surface area (Å²) in [6.45, 7) is 3.54. The number of thiazole rings is 1. The molecule has 0 fully saturated rings. The van der Waals surface area contributed by atoms with Crippen molar-refractivity contribution < 1.29 is 4.74 Å². The fourth-order valence-electron chi connectivity index (χ4n) is 1.90. The predicted octanol–water partition coefficient (Wildman–Crippen LogP) is 2.58. The molecule has 0 amide bonds. The second kappa shape index (κ2) is 8.38. The summed E-state index contributed by atoms with van der Waals surface area (Å²) in [5.74, 6) is 1.63. The van der Waals surface area contributed by atoms with Gasteiger partial charge in [-0.3, -0.25) is 4.99 Å². The van der Waals surface area contributed by atoms with Crippen LogP contribution in [-0.4, -0.2) is 25.1 Å². The number of aromatic nitrogens is 1. The van der Waals surface area contributed by atoms with Gasteiger partial charge in [-0.2, -0.15) is 0 Å². The molecule has 22 heavy (non-hydrogen) atoms. The first-order valence-corrected chi connectivity index (χ1v) is 8.07. The molecule has 0 unspecified atom stereocenters. The number of hydrogen-bond donors (Lipinski definition) is 2. The van der Waals surface area contributed by atoms with Crippen molar-refractivity contribution in [1.29, 1.82) is 0 Å². The summed E-state index contributed by atoms with van der Waals surface area (Å²) in [5.41, 5.74) is 1.17. The Morgan fingerprint density at radius 2 is 1.95 bits per heavy atom. The smallest absolute Gasteiger partial charge is 0.191 e. The van der Waals surface area contributed by atoms with Crippen LogP contribution in [0.4, 0.5) is 0 Å². The molecule has 0 aliphatic carbocycles. The molecule has 0 bridgehead atoms. The van der Waals surface area contributed by atoms with Crippen molar-refractivity contribution in [2.45, 2.75) is 26.4 Å². The average Bonchev–Trinajstić information content (AvgIpc) is 3.03. The van der Waals surface area contributed by atoms with Gasteiger partial charge in [-0.25, -0.2) is 4.98 Å². The van der Waals surface area contributed by atoms with Crippen LogP contribution in [0.15, 0.2) is 35.5 Å². The number of aryl methyl sites for hydroxylation is 1. The fraction of sp³-hybridized carbons (Fsp3) is 0.375. The van der Waals surface area contributed by atoms with E-state index in [-0.39, 0.29) is 0 Å². The third kappa shape index (κ3) is 4.73. The number of hydrogen-bond acceptors (Lipinski definition) is 4. The molecule has 0 saturated heterocycles. The van der Waals surface area contributed by atoms with Crippen LogP contribution in [0.1, 0.15) is 22.4 Å². The zero-order chi connectivity index (χ0) is 15.8. The largest absolute Gasteiger partial charge is 0.497 e. The minimum Gasteiger partial charge on any atom is -0.497 e. The molecule has 6 heteroatoms. The highest BCUT2D eigenvalue weighted by Gasteiger charge is 2.03. The Bertz CT molecular complexity index is 607. The Morgan fingerprint density at radius 1 is 1.23 bits per heavy atom. The van der Waals surface area contributed by atoms with Gasteiger partial charge in [0.1, 0.15) is 10.8 Å². The Labute approximate surface area is 135 Å². The molecule has 2 N–H and O–H groups in total. The molecule has 0 atom stereocenters. The number of methoxy groups -OCH3 is 1. The van der Waals surface area contributed by atoms with E-state index in [2.05, 4.69) is 27.5 Å². The molecule has 5 nitrogen and oxygen atoms in total. The van der Waals surface area contributed by atoms with Crippen LogP contribution in [0.2, 0.25) is 0 Å². The first-order valence-electron chi connectivity index (χ1n) is 7.26. The van der Waals surface area contributed by atoms with Gasteiger partial charge < -0.3 is 15.4 Å². The van der Waals surface area contributed by atoms with Crippen molar-refractivity contribution in [2.75, 3.05) is 14.2 Å². The van der Waals surface area contributed by atoms with Gasteiger partial charge in [0, 0.05) is 24.7 Å². The number of guanidine groups is 1. The highest BCUT2D eigenvalue weighted by Crippen LogP contribution is 2.13. The Kier molecular flexibility index (Phi) is 6.21. The van der Waals surface area contributed by atoms with Gasteiger partial charge in [-0.1, -0.05) is 19.1 Å². The van der Waals surface area contributed by atoms with E-state index >= 15 is 0 Å². The Hall–Kier alpha value is -2.08. The summed E-state index contributed by atoms with van der Waals surface area (Å²) in [6, 6.07) is 7.98. The predicted molar refractivity (Wildman–Crippen MR) is 91.5 cm³/mol. The van der Waals surface area contributed by atoms with Gasteiger partial charge in [0.25, 0.3) is 0 Å². The quantitative estimate of drug-likeness (QED) is 0.635. The van der Waals surface area contributed by atoms with E-state index in [1.807, 2.05) is 30.5 Å². The van der Waals surface area contributed by atoms with E-state index in [0.29, 0.717) is 13.1 Å². The topological polar surface area (TPSA) is 58.5 Å². The van der Waals surface area contributed by atoms with Gasteiger partial charge in [-0.05, 0) is 24.1 Å². The summed E-state index contributed by atoms with van der Waals surface area (Å²) >= 11 is 1.73. The molecule has 2 rings (SSSR count). The van der Waals surface area contributed by atoms with Crippen molar-refractivity contribution in [3.05, 3.63) is 45.9 Å². The zero-order valence-electron chi connectivity index (χ0n) is 13.2. The van der Waals surface area contributed by atoms with E-state index in [1.165, 1.54) is 10.4 Å². The van der Waals surface area contributed by atoms with Crippen molar-refractivity contribution in [3.8, 4) is 5.75 Å². The minimum absolute atomic E-state index is 0.687. The van der Waals surface area contributed by atoms with E-state index in [9.17, 15) is 0 Å². The number of nitrogens with one attached hydrogen (secondary N) is 2. The zero-order valence-corrected chi connectivity index (χ0v) is 14.0. The highest BCUT2D eigenvalue weighted by atomic mass is 32.1. The van der Waals surface area contributed by atoms with E-state index in [1.54, 1.807) is 25.5 Å². The van der Waals surface area contributed by atoms with Crippen molar-refractivity contribution in [1.82, 2.24) is 15.6 Å². The van der Waals surface area contributed by atoms with Crippen molar-refractivity contribution in [2.24, 2.45) is 4.99 Å². The van der Waals surface area contributed by atoms with Gasteiger partial charge in [0.05, 0.1) is 13.7 Å². The van der Waals surface area contributed by atoms with Crippen LogP contribution >= 0.6 is 11.3 Å². The van der Waals surface area contributed by atoms with Crippen LogP contribution in [-0.2, 0) is 19.5 Å². The van der Waals surface area contributed by atoms with E-state index < -0.39 is 0 Å². The molecule has 1 aromatic carbocycles. The van der Waals surface area contributed by atoms with Crippen LogP contribution in [0.25, 0.3) is 0 Å². The second-order valence-electron chi connectivity index (χ2n) is 4.70. The highest BCUT2D eigenvalue weighted by molar-refractivity contribution is 7.11. The molecule has 0 aliphatic rings. The standard InChI is InChI=1S/C16H22N4OS/c1-4-14-10-18-15(22-14)11-20-16(17-2)19-9-12-5-7-13(21-3)8-6-12/h5-8,10H,4,9,11H2,1-3H3,(H2,17,19,20). The number of benzene rings is 1. The normalized spacial score (nSPS) is 11.3. The monoisotopic (exact) mass is 318 g/mol. The Balaban J connectivity index is 1.81. The van der Waals surface area contributed by atoms with Gasteiger partial charge >= 0.3 is 0 Å². The fourth-order valence-corrected chi connectivity index (χ4v) is 2.70. The summed E-state index contributed by atoms with van der Waals surface area (Å²) in [7, 11) is 3.43. The van der Waals surface area contributed by atoms with Gasteiger partial charge in [0.2, 0.25) is 0 Å². The number of nitrogens with zero attached hydrogens (tertiary/aromatic N) is 2. The molecular weight excluding hydrogens is 296 g/mol. The Morgan fingerprint density at radius 3 is 2.55 bits per heavy atom. The summed E-state index contributed by atoms with van der Waals surface area (Å²) in [6.07, 6.45) is 2.97. The third-order valence-electron chi connectivity index (χ3n) is 3.20. The number of ether oxygens (including phenoxy) is 1.